The first-order valence-electron chi connectivity index (χ1n) is 28.1. The molecule has 9 rings (SSSR count). The summed E-state index contributed by atoms with van der Waals surface area (Å²) in [4.78, 5) is 37.3. The van der Waals surface area contributed by atoms with Crippen LogP contribution in [0.3, 0.4) is 0 Å². The normalized spacial score (nSPS) is 15.5. The van der Waals surface area contributed by atoms with Crippen LogP contribution in [0.1, 0.15) is 91.9 Å². The second kappa shape index (κ2) is 29.6. The number of nitrogens with zero attached hydrogens (tertiary/aromatic N) is 3. The first-order chi connectivity index (χ1) is 39.1. The first-order valence-corrected chi connectivity index (χ1v) is 29.2. The Labute approximate surface area is 499 Å². The fourth-order valence-electron chi connectivity index (χ4n) is 10.9. The summed E-state index contributed by atoms with van der Waals surface area (Å²) in [6, 6.07) is 40.2. The predicted molar refractivity (Wildman–Crippen MR) is 328 cm³/mol. The van der Waals surface area contributed by atoms with Gasteiger partial charge in [0.15, 0.2) is 0 Å². The number of quaternary nitrogens is 3. The molecule has 82 heavy (non-hydrogen) atoms. The third-order valence-electron chi connectivity index (χ3n) is 16.1. The van der Waals surface area contributed by atoms with Crippen molar-refractivity contribution in [3.05, 3.63) is 187 Å². The summed E-state index contributed by atoms with van der Waals surface area (Å²) in [5, 5.41) is 9.65. The van der Waals surface area contributed by atoms with Gasteiger partial charge in [-0.3, -0.25) is 14.4 Å². The molecule has 0 aromatic heterocycles. The second-order valence-corrected chi connectivity index (χ2v) is 24.4. The van der Waals surface area contributed by atoms with Gasteiger partial charge in [-0.2, -0.15) is 0 Å². The van der Waals surface area contributed by atoms with Crippen LogP contribution in [-0.4, -0.2) is 138 Å². The minimum atomic E-state index is -0.539. The first kappa shape index (κ1) is 63.7. The average molecular weight is 1180 g/mol. The maximum atomic E-state index is 13.2. The Balaban J connectivity index is 0.000000177. The highest BCUT2D eigenvalue weighted by atomic mass is 35.5. The molecule has 6 aromatic carbocycles. The van der Waals surface area contributed by atoms with Crippen molar-refractivity contribution in [3.8, 4) is 5.75 Å². The third-order valence-corrected chi connectivity index (χ3v) is 17.0. The van der Waals surface area contributed by atoms with Gasteiger partial charge in [0.1, 0.15) is 31.2 Å². The minimum Gasteiger partial charge on any atom is -0.495 e. The van der Waals surface area contributed by atoms with Crippen molar-refractivity contribution in [1.82, 2.24) is 0 Å². The summed E-state index contributed by atoms with van der Waals surface area (Å²) in [6.45, 7) is 9.80. The van der Waals surface area contributed by atoms with Gasteiger partial charge in [-0.1, -0.05) is 77.3 Å². The summed E-state index contributed by atoms with van der Waals surface area (Å²) >= 11 is 18.0. The number of carbonyl (C=O) groups excluding carboxylic acids is 3. The number of carbonyl (C=O) groups is 3. The zero-order valence-corrected chi connectivity index (χ0v) is 50.9. The number of ether oxygens (including phenoxy) is 4. The molecular weight excluding hydrogens is 1100 g/mol. The van der Waals surface area contributed by atoms with E-state index >= 15 is 0 Å². The molecule has 0 radical (unpaired) electrons. The van der Waals surface area contributed by atoms with Gasteiger partial charge in [-0.25, -0.2) is 4.39 Å². The molecule has 3 aliphatic rings. The summed E-state index contributed by atoms with van der Waals surface area (Å²) in [5.74, 6) is -0.643. The van der Waals surface area contributed by atoms with Crippen LogP contribution in [0.2, 0.25) is 15.1 Å². The molecule has 3 fully saturated rings. The van der Waals surface area contributed by atoms with E-state index in [1.807, 2.05) is 55.5 Å². The van der Waals surface area contributed by atoms with Crippen LogP contribution in [0.25, 0.3) is 0 Å². The second-order valence-electron chi connectivity index (χ2n) is 23.2. The molecule has 0 saturated carbocycles. The topological polar surface area (TPSA) is 124 Å². The molecule has 3 N–H and O–H groups in total. The van der Waals surface area contributed by atoms with Crippen molar-refractivity contribution in [2.24, 2.45) is 0 Å². The van der Waals surface area contributed by atoms with Crippen molar-refractivity contribution < 1.29 is 51.2 Å². The van der Waals surface area contributed by atoms with Gasteiger partial charge in [0.2, 0.25) is 0 Å². The molecular formula is C65H81Cl3FN6O7+3. The number of rotatable bonds is 16. The van der Waals surface area contributed by atoms with Gasteiger partial charge in [0.05, 0.1) is 117 Å². The lowest BCUT2D eigenvalue weighted by molar-refractivity contribution is -0.929. The smallest absolute Gasteiger partial charge is 0.255 e. The number of benzene rings is 6. The molecule has 0 bridgehead atoms. The van der Waals surface area contributed by atoms with E-state index in [1.54, 1.807) is 43.5 Å². The average Bonchev–Trinajstić information content (AvgIpc) is 3.56. The van der Waals surface area contributed by atoms with Gasteiger partial charge >= 0.3 is 0 Å². The molecule has 0 unspecified atom stereocenters. The molecule has 3 aliphatic heterocycles. The lowest BCUT2D eigenvalue weighted by atomic mass is 10.0. The fraction of sp³-hybridized carbons (Fsp3) is 0.400. The Morgan fingerprint density at radius 3 is 1.20 bits per heavy atom. The number of anilines is 3. The summed E-state index contributed by atoms with van der Waals surface area (Å²) in [6.07, 6.45) is 6.60. The van der Waals surface area contributed by atoms with Crippen LogP contribution in [0.4, 0.5) is 21.5 Å². The number of amides is 3. The summed E-state index contributed by atoms with van der Waals surface area (Å²) in [5.41, 5.74) is 8.19. The van der Waals surface area contributed by atoms with Gasteiger partial charge in [-0.15, -0.1) is 0 Å². The SMILES string of the molecule is COc1ccc(C(=O)Nc2ccc(C[N+](C)(C)C3CCOCC3)cc2)cc1Cl.C[N+](C)(Cc1ccc(NC(=O)c2ccc(F)c(Cl)c2)cc1)C1CCOCC1.Cc1c(Cl)cccc1C(=O)Nc1ccc(C[N+](C)(C)C2CCOCC2)cc1. The van der Waals surface area contributed by atoms with E-state index in [-0.39, 0.29) is 22.7 Å². The Bertz CT molecular complexity index is 3070. The number of hydrogen-bond acceptors (Lipinski definition) is 7. The van der Waals surface area contributed by atoms with Crippen LogP contribution in [0.15, 0.2) is 127 Å². The lowest BCUT2D eigenvalue weighted by Gasteiger charge is -2.40. The van der Waals surface area contributed by atoms with E-state index in [9.17, 15) is 18.8 Å². The molecule has 6 aromatic rings. The minimum absolute atomic E-state index is 0.0638. The zero-order valence-electron chi connectivity index (χ0n) is 48.7. The van der Waals surface area contributed by atoms with Crippen molar-refractivity contribution in [2.75, 3.05) is 105 Å². The van der Waals surface area contributed by atoms with Crippen LogP contribution in [-0.2, 0) is 33.8 Å². The van der Waals surface area contributed by atoms with Crippen LogP contribution in [0, 0.1) is 12.7 Å². The highest BCUT2D eigenvalue weighted by Gasteiger charge is 2.33. The molecule has 17 heteroatoms. The standard InChI is InChI=1S/C22H27ClN2O3.C22H27ClN2O2.C21H24ClFN2O2/c1-25(2,19-10-12-28-13-11-19)15-16-4-7-18(8-5-16)24-22(26)17-6-9-21(27-3)20(23)14-17;1-16-20(5-4-6-21(16)23)22(26)24-18-9-7-17(8-10-18)15-25(2,3)19-11-13-27-14-12-19;1-25(2,18-9-11-27-12-10-18)14-15-3-6-17(7-4-15)24-21(26)16-5-8-20(23)19(22)13-16/h4-9,14,19H,10-13,15H2,1-3H3;4-10,19H,11-15H2,1-3H3;3-8,13,18H,9-12,14H2,1-2H3/p+3. The predicted octanol–water partition coefficient (Wildman–Crippen LogP) is 13.5. The molecule has 13 nitrogen and oxygen atoms in total. The van der Waals surface area contributed by atoms with Crippen molar-refractivity contribution in [1.29, 1.82) is 0 Å². The van der Waals surface area contributed by atoms with Gasteiger partial charge in [-0.05, 0) is 97.4 Å². The highest BCUT2D eigenvalue weighted by molar-refractivity contribution is 6.33. The Morgan fingerprint density at radius 1 is 0.488 bits per heavy atom. The van der Waals surface area contributed by atoms with E-state index in [2.05, 4.69) is 82.5 Å². The molecule has 3 amide bonds. The number of methoxy groups -OCH3 is 1. The largest absolute Gasteiger partial charge is 0.495 e. The quantitative estimate of drug-likeness (QED) is 0.0825. The van der Waals surface area contributed by atoms with Gasteiger partial charge in [0.25, 0.3) is 17.7 Å². The van der Waals surface area contributed by atoms with E-state index in [0.29, 0.717) is 56.3 Å². The molecule has 0 spiro atoms. The molecule has 0 atom stereocenters. The number of nitrogens with one attached hydrogen (secondary N) is 3. The van der Waals surface area contributed by atoms with E-state index in [1.165, 1.54) is 34.9 Å². The zero-order chi connectivity index (χ0) is 59.0. The Kier molecular flexibility index (Phi) is 22.9. The Morgan fingerprint density at radius 2 is 0.841 bits per heavy atom. The molecule has 3 saturated heterocycles. The summed E-state index contributed by atoms with van der Waals surface area (Å²) in [7, 11) is 15.2. The van der Waals surface area contributed by atoms with Crippen LogP contribution >= 0.6 is 34.8 Å². The van der Waals surface area contributed by atoms with Gasteiger partial charge < -0.3 is 48.3 Å². The lowest BCUT2D eigenvalue weighted by Crippen LogP contribution is -2.50. The monoisotopic (exact) mass is 1180 g/mol. The third kappa shape index (κ3) is 18.3. The Hall–Kier alpha value is -5.91. The van der Waals surface area contributed by atoms with Crippen molar-refractivity contribution >= 4 is 69.6 Å². The van der Waals surface area contributed by atoms with Crippen LogP contribution < -0.4 is 20.7 Å². The molecule has 438 valence electrons. The summed E-state index contributed by atoms with van der Waals surface area (Å²) < 4.78 is 37.6. The molecule has 0 aliphatic carbocycles. The number of halogens is 4. The van der Waals surface area contributed by atoms with Crippen molar-refractivity contribution in [3.63, 3.8) is 0 Å². The van der Waals surface area contributed by atoms with Gasteiger partial charge in [0, 0.05) is 94.0 Å². The maximum absolute atomic E-state index is 13.2. The van der Waals surface area contributed by atoms with Crippen molar-refractivity contribution in [2.45, 2.75) is 83.2 Å². The van der Waals surface area contributed by atoms with E-state index < -0.39 is 5.82 Å². The van der Waals surface area contributed by atoms with E-state index in [4.69, 9.17) is 53.8 Å². The van der Waals surface area contributed by atoms with Crippen LogP contribution in [0.5, 0.6) is 5.75 Å². The maximum Gasteiger partial charge on any atom is 0.255 e. The highest BCUT2D eigenvalue weighted by Crippen LogP contribution is 2.29. The fourth-order valence-corrected chi connectivity index (χ4v) is 11.5. The molecule has 3 heterocycles. The number of hydrogen-bond donors (Lipinski definition) is 3. The van der Waals surface area contributed by atoms with E-state index in [0.717, 1.165) is 128 Å².